The fraction of sp³-hybridized carbons (Fsp3) is 0.250. The van der Waals surface area contributed by atoms with Crippen molar-refractivity contribution in [1.29, 1.82) is 0 Å². The van der Waals surface area contributed by atoms with Gasteiger partial charge in [0.05, 0.1) is 0 Å². The Labute approximate surface area is 104 Å². The summed E-state index contributed by atoms with van der Waals surface area (Å²) in [6.45, 7) is 3.49. The minimum atomic E-state index is -0.816. The number of carbonyl (C=O) groups is 1. The minimum Gasteiger partial charge on any atom is -0.458 e. The van der Waals surface area contributed by atoms with Gasteiger partial charge in [0.1, 0.15) is 13.2 Å². The summed E-state index contributed by atoms with van der Waals surface area (Å²) in [6.07, 6.45) is 1.55. The molecule has 0 aliphatic carbocycles. The van der Waals surface area contributed by atoms with Crippen molar-refractivity contribution >= 4 is 5.97 Å². The molecule has 0 atom stereocenters. The third-order valence-corrected chi connectivity index (χ3v) is 2.16. The number of rotatable bonds is 7. The van der Waals surface area contributed by atoms with Gasteiger partial charge in [0.15, 0.2) is 0 Å². The van der Waals surface area contributed by atoms with E-state index >= 15 is 0 Å². The Morgan fingerprint density at radius 2 is 1.94 bits per heavy atom. The lowest BCUT2D eigenvalue weighted by Crippen LogP contribution is -2.05. The van der Waals surface area contributed by atoms with E-state index in [9.17, 15) is 14.9 Å². The van der Waals surface area contributed by atoms with Crippen LogP contribution in [-0.4, -0.2) is 17.7 Å². The van der Waals surface area contributed by atoms with Crippen molar-refractivity contribution in [2.24, 2.45) is 0 Å². The van der Waals surface area contributed by atoms with Gasteiger partial charge in [0.25, 0.3) is 5.09 Å². The van der Waals surface area contributed by atoms with Gasteiger partial charge in [-0.25, -0.2) is 4.79 Å². The summed E-state index contributed by atoms with van der Waals surface area (Å²) in [5, 5.41) is 9.13. The smallest absolute Gasteiger partial charge is 0.330 e. The van der Waals surface area contributed by atoms with Crippen LogP contribution < -0.4 is 0 Å². The molecule has 96 valence electrons. The number of carbonyl (C=O) groups excluding carboxylic acids is 1. The van der Waals surface area contributed by atoms with Crippen LogP contribution in [0.3, 0.4) is 0 Å². The van der Waals surface area contributed by atoms with Crippen molar-refractivity contribution < 1.29 is 19.5 Å². The van der Waals surface area contributed by atoms with Gasteiger partial charge < -0.3 is 9.57 Å². The van der Waals surface area contributed by atoms with Gasteiger partial charge in [-0.3, -0.25) is 0 Å². The third kappa shape index (κ3) is 5.11. The second kappa shape index (κ2) is 7.05. The Bertz CT molecular complexity index is 427. The number of hydrogen-bond donors (Lipinski definition) is 0. The first-order chi connectivity index (χ1) is 8.61. The lowest BCUT2D eigenvalue weighted by molar-refractivity contribution is -0.757. The van der Waals surface area contributed by atoms with Crippen molar-refractivity contribution in [2.75, 3.05) is 6.61 Å². The molecule has 0 heterocycles. The van der Waals surface area contributed by atoms with Gasteiger partial charge in [0, 0.05) is 6.08 Å². The zero-order chi connectivity index (χ0) is 13.4. The van der Waals surface area contributed by atoms with Crippen LogP contribution in [0.4, 0.5) is 0 Å². The molecule has 18 heavy (non-hydrogen) atoms. The number of benzene rings is 1. The minimum absolute atomic E-state index is 0.0256. The van der Waals surface area contributed by atoms with E-state index in [1.165, 1.54) is 0 Å². The molecule has 0 saturated carbocycles. The van der Waals surface area contributed by atoms with Crippen LogP contribution in [0, 0.1) is 10.1 Å². The first-order valence-electron chi connectivity index (χ1n) is 5.26. The maximum atomic E-state index is 10.8. The summed E-state index contributed by atoms with van der Waals surface area (Å²) in [5.74, 6) is -0.474. The van der Waals surface area contributed by atoms with E-state index < -0.39 is 11.1 Å². The largest absolute Gasteiger partial charge is 0.458 e. The molecule has 1 aromatic carbocycles. The summed E-state index contributed by atoms with van der Waals surface area (Å²) in [7, 11) is 0. The highest BCUT2D eigenvalue weighted by Gasteiger charge is 2.00. The zero-order valence-corrected chi connectivity index (χ0v) is 9.70. The Morgan fingerprint density at radius 1 is 1.33 bits per heavy atom. The van der Waals surface area contributed by atoms with E-state index in [0.29, 0.717) is 6.42 Å². The Kier molecular flexibility index (Phi) is 5.37. The number of ether oxygens (including phenoxy) is 1. The van der Waals surface area contributed by atoms with E-state index in [2.05, 4.69) is 11.4 Å². The Morgan fingerprint density at radius 3 is 2.50 bits per heavy atom. The second-order valence-corrected chi connectivity index (χ2v) is 3.44. The number of hydrogen-bond acceptors (Lipinski definition) is 5. The molecule has 1 aromatic rings. The molecule has 0 amide bonds. The van der Waals surface area contributed by atoms with Crippen molar-refractivity contribution in [3.8, 4) is 0 Å². The molecule has 0 N–H and O–H groups in total. The highest BCUT2D eigenvalue weighted by atomic mass is 16.9. The molecule has 0 aliphatic rings. The van der Waals surface area contributed by atoms with E-state index in [0.717, 1.165) is 17.2 Å². The van der Waals surface area contributed by atoms with Gasteiger partial charge in [0.2, 0.25) is 0 Å². The van der Waals surface area contributed by atoms with E-state index in [4.69, 9.17) is 4.74 Å². The monoisotopic (exact) mass is 251 g/mol. The van der Waals surface area contributed by atoms with E-state index in [-0.39, 0.29) is 13.2 Å². The molecular formula is C12H13NO5. The average Bonchev–Trinajstić information content (AvgIpc) is 2.37. The van der Waals surface area contributed by atoms with Crippen LogP contribution >= 0.6 is 0 Å². The van der Waals surface area contributed by atoms with Crippen molar-refractivity contribution in [2.45, 2.75) is 13.0 Å². The Balaban J connectivity index is 2.39. The van der Waals surface area contributed by atoms with Gasteiger partial charge in [-0.05, 0) is 17.5 Å². The van der Waals surface area contributed by atoms with Crippen molar-refractivity contribution in [3.63, 3.8) is 0 Å². The lowest BCUT2D eigenvalue weighted by Gasteiger charge is -2.04. The summed E-state index contributed by atoms with van der Waals surface area (Å²) in [6, 6.07) is 7.19. The van der Waals surface area contributed by atoms with Crippen LogP contribution in [-0.2, 0) is 27.4 Å². The highest BCUT2D eigenvalue weighted by molar-refractivity contribution is 5.81. The SMILES string of the molecule is C=CC(=O)OCc1ccc(CCO[N+](=O)[O-])cc1. The lowest BCUT2D eigenvalue weighted by atomic mass is 10.1. The summed E-state index contributed by atoms with van der Waals surface area (Å²) < 4.78 is 4.86. The summed E-state index contributed by atoms with van der Waals surface area (Å²) in [5.41, 5.74) is 1.75. The van der Waals surface area contributed by atoms with Crippen LogP contribution in [0.1, 0.15) is 11.1 Å². The Hall–Kier alpha value is -2.37. The van der Waals surface area contributed by atoms with Gasteiger partial charge in [-0.15, -0.1) is 10.1 Å². The first-order valence-corrected chi connectivity index (χ1v) is 5.26. The van der Waals surface area contributed by atoms with E-state index in [1.54, 1.807) is 24.3 Å². The topological polar surface area (TPSA) is 78.7 Å². The number of esters is 1. The van der Waals surface area contributed by atoms with Gasteiger partial charge in [-0.2, -0.15) is 0 Å². The molecule has 6 heteroatoms. The van der Waals surface area contributed by atoms with Crippen molar-refractivity contribution in [1.82, 2.24) is 0 Å². The molecular weight excluding hydrogens is 238 g/mol. The second-order valence-electron chi connectivity index (χ2n) is 3.44. The van der Waals surface area contributed by atoms with Gasteiger partial charge in [-0.1, -0.05) is 30.8 Å². The predicted molar refractivity (Wildman–Crippen MR) is 63.1 cm³/mol. The van der Waals surface area contributed by atoms with Crippen LogP contribution in [0.5, 0.6) is 0 Å². The molecule has 1 rings (SSSR count). The molecule has 0 spiro atoms. The van der Waals surface area contributed by atoms with E-state index in [1.807, 2.05) is 0 Å². The maximum Gasteiger partial charge on any atom is 0.330 e. The quantitative estimate of drug-likeness (QED) is 0.319. The molecule has 0 unspecified atom stereocenters. The molecule has 0 fully saturated rings. The molecule has 6 nitrogen and oxygen atoms in total. The van der Waals surface area contributed by atoms with Gasteiger partial charge >= 0.3 is 5.97 Å². The molecule has 0 aromatic heterocycles. The normalized spacial score (nSPS) is 9.56. The maximum absolute atomic E-state index is 10.8. The van der Waals surface area contributed by atoms with Crippen LogP contribution in [0.2, 0.25) is 0 Å². The highest BCUT2D eigenvalue weighted by Crippen LogP contribution is 2.07. The molecule has 0 aliphatic heterocycles. The summed E-state index contributed by atoms with van der Waals surface area (Å²) >= 11 is 0. The fourth-order valence-corrected chi connectivity index (χ4v) is 1.25. The van der Waals surface area contributed by atoms with Crippen LogP contribution in [0.15, 0.2) is 36.9 Å². The molecule has 0 saturated heterocycles. The predicted octanol–water partition coefficient (Wildman–Crippen LogP) is 1.67. The number of nitrogens with zero attached hydrogens (tertiary/aromatic N) is 1. The average molecular weight is 251 g/mol. The van der Waals surface area contributed by atoms with Crippen LogP contribution in [0.25, 0.3) is 0 Å². The molecule has 0 bridgehead atoms. The first kappa shape index (κ1) is 13.7. The zero-order valence-electron chi connectivity index (χ0n) is 9.70. The standard InChI is InChI=1S/C12H13NO5/c1-2-12(14)17-9-11-5-3-10(4-6-11)7-8-18-13(15)16/h2-6H,1,7-9H2. The fourth-order valence-electron chi connectivity index (χ4n) is 1.25. The molecule has 0 radical (unpaired) electrons. The van der Waals surface area contributed by atoms with Crippen molar-refractivity contribution in [3.05, 3.63) is 58.2 Å². The third-order valence-electron chi connectivity index (χ3n) is 2.16. The summed E-state index contributed by atoms with van der Waals surface area (Å²) in [4.78, 5) is 25.0.